The normalized spacial score (nSPS) is 17.4. The standard InChI is InChI=1S/C14H17N3O4/c1-15-12(18)11-6-3-7-17(11)14(21)16-10-5-2-4-9(8-10)13(19)20/h2,4-5,8,11H,3,6-7H2,1H3,(H,15,18)(H,16,21)(H,19,20). The lowest BCUT2D eigenvalue weighted by Gasteiger charge is -2.23. The lowest BCUT2D eigenvalue weighted by Crippen LogP contribution is -2.46. The molecule has 3 amide bonds. The fourth-order valence-corrected chi connectivity index (χ4v) is 2.37. The third-order valence-electron chi connectivity index (χ3n) is 3.42. The SMILES string of the molecule is CNC(=O)C1CCCN1C(=O)Nc1cccc(C(=O)O)c1. The molecule has 0 radical (unpaired) electrons. The van der Waals surface area contributed by atoms with Crippen molar-refractivity contribution in [2.45, 2.75) is 18.9 Å². The number of carbonyl (C=O) groups is 3. The monoisotopic (exact) mass is 291 g/mol. The van der Waals surface area contributed by atoms with Gasteiger partial charge in [0.2, 0.25) is 5.91 Å². The summed E-state index contributed by atoms with van der Waals surface area (Å²) in [5.41, 5.74) is 0.486. The summed E-state index contributed by atoms with van der Waals surface area (Å²) in [6, 6.07) is 5.11. The first-order valence-electron chi connectivity index (χ1n) is 6.65. The average molecular weight is 291 g/mol. The van der Waals surface area contributed by atoms with Gasteiger partial charge in [0, 0.05) is 19.3 Å². The van der Waals surface area contributed by atoms with Crippen molar-refractivity contribution < 1.29 is 19.5 Å². The summed E-state index contributed by atoms with van der Waals surface area (Å²) in [5.74, 6) is -1.25. The Morgan fingerprint density at radius 1 is 1.33 bits per heavy atom. The zero-order valence-corrected chi connectivity index (χ0v) is 11.6. The van der Waals surface area contributed by atoms with E-state index in [4.69, 9.17) is 5.11 Å². The van der Waals surface area contributed by atoms with Crippen molar-refractivity contribution in [3.05, 3.63) is 29.8 Å². The molecule has 112 valence electrons. The van der Waals surface area contributed by atoms with Crippen LogP contribution in [0.25, 0.3) is 0 Å². The van der Waals surface area contributed by atoms with Gasteiger partial charge < -0.3 is 20.6 Å². The molecule has 0 aliphatic carbocycles. The molecule has 0 bridgehead atoms. The van der Waals surface area contributed by atoms with E-state index in [1.54, 1.807) is 12.1 Å². The van der Waals surface area contributed by atoms with Crippen molar-refractivity contribution >= 4 is 23.6 Å². The molecule has 1 aromatic rings. The molecule has 21 heavy (non-hydrogen) atoms. The van der Waals surface area contributed by atoms with Crippen molar-refractivity contribution in [2.24, 2.45) is 0 Å². The van der Waals surface area contributed by atoms with Crippen LogP contribution in [0.2, 0.25) is 0 Å². The highest BCUT2D eigenvalue weighted by molar-refractivity contribution is 5.95. The van der Waals surface area contributed by atoms with Crippen LogP contribution in [0.3, 0.4) is 0 Å². The van der Waals surface area contributed by atoms with Crippen LogP contribution in [0.4, 0.5) is 10.5 Å². The molecule has 1 aliphatic rings. The van der Waals surface area contributed by atoms with Crippen molar-refractivity contribution in [2.75, 3.05) is 18.9 Å². The Balaban J connectivity index is 2.09. The van der Waals surface area contributed by atoms with Gasteiger partial charge in [-0.2, -0.15) is 0 Å². The smallest absolute Gasteiger partial charge is 0.335 e. The van der Waals surface area contributed by atoms with Crippen LogP contribution < -0.4 is 10.6 Å². The topological polar surface area (TPSA) is 98.7 Å². The molecule has 0 spiro atoms. The Morgan fingerprint density at radius 3 is 2.76 bits per heavy atom. The number of benzene rings is 1. The fraction of sp³-hybridized carbons (Fsp3) is 0.357. The zero-order valence-electron chi connectivity index (χ0n) is 11.6. The molecule has 7 heteroatoms. The van der Waals surface area contributed by atoms with Gasteiger partial charge in [-0.1, -0.05) is 6.07 Å². The number of likely N-dealkylation sites (tertiary alicyclic amines) is 1. The first-order chi connectivity index (χ1) is 10.0. The molecular weight excluding hydrogens is 274 g/mol. The number of likely N-dealkylation sites (N-methyl/N-ethyl adjacent to an activating group) is 1. The number of carboxylic acid groups (broad SMARTS) is 1. The van der Waals surface area contributed by atoms with Gasteiger partial charge in [-0.15, -0.1) is 0 Å². The van der Waals surface area contributed by atoms with Crippen LogP contribution >= 0.6 is 0 Å². The second-order valence-electron chi connectivity index (χ2n) is 4.78. The first-order valence-corrected chi connectivity index (χ1v) is 6.65. The number of urea groups is 1. The van der Waals surface area contributed by atoms with E-state index in [2.05, 4.69) is 10.6 Å². The Kier molecular flexibility index (Phi) is 4.42. The van der Waals surface area contributed by atoms with Gasteiger partial charge in [0.05, 0.1) is 5.56 Å². The van der Waals surface area contributed by atoms with Gasteiger partial charge in [-0.05, 0) is 31.0 Å². The minimum atomic E-state index is -1.06. The van der Waals surface area contributed by atoms with Crippen molar-refractivity contribution in [3.8, 4) is 0 Å². The summed E-state index contributed by atoms with van der Waals surface area (Å²) in [6.45, 7) is 0.503. The Hall–Kier alpha value is -2.57. The van der Waals surface area contributed by atoms with Crippen LogP contribution in [-0.4, -0.2) is 47.5 Å². The molecule has 3 N–H and O–H groups in total. The van der Waals surface area contributed by atoms with E-state index >= 15 is 0 Å². The number of rotatable bonds is 3. The number of amides is 3. The van der Waals surface area contributed by atoms with Gasteiger partial charge >= 0.3 is 12.0 Å². The molecule has 0 saturated carbocycles. The summed E-state index contributed by atoms with van der Waals surface area (Å²) < 4.78 is 0. The number of nitrogens with one attached hydrogen (secondary N) is 2. The molecule has 1 saturated heterocycles. The molecule has 0 aromatic heterocycles. The molecule has 1 unspecified atom stereocenters. The second kappa shape index (κ2) is 6.25. The zero-order chi connectivity index (χ0) is 15.4. The summed E-state index contributed by atoms with van der Waals surface area (Å²) in [5, 5.41) is 14.1. The number of nitrogens with zero attached hydrogens (tertiary/aromatic N) is 1. The lowest BCUT2D eigenvalue weighted by atomic mass is 10.2. The third kappa shape index (κ3) is 3.31. The maximum Gasteiger partial charge on any atom is 0.335 e. The van der Waals surface area contributed by atoms with E-state index in [1.807, 2.05) is 0 Å². The van der Waals surface area contributed by atoms with E-state index in [0.717, 1.165) is 6.42 Å². The third-order valence-corrected chi connectivity index (χ3v) is 3.42. The average Bonchev–Trinajstić information content (AvgIpc) is 2.96. The Labute approximate surface area is 121 Å². The predicted octanol–water partition coefficient (Wildman–Crippen LogP) is 1.13. The summed E-state index contributed by atoms with van der Waals surface area (Å²) >= 11 is 0. The summed E-state index contributed by atoms with van der Waals surface area (Å²) in [4.78, 5) is 36.3. The van der Waals surface area contributed by atoms with E-state index in [-0.39, 0.29) is 11.5 Å². The lowest BCUT2D eigenvalue weighted by molar-refractivity contribution is -0.124. The van der Waals surface area contributed by atoms with Gasteiger partial charge in [0.1, 0.15) is 6.04 Å². The maximum absolute atomic E-state index is 12.2. The van der Waals surface area contributed by atoms with Gasteiger partial charge in [0.15, 0.2) is 0 Å². The van der Waals surface area contributed by atoms with Crippen molar-refractivity contribution in [3.63, 3.8) is 0 Å². The maximum atomic E-state index is 12.2. The highest BCUT2D eigenvalue weighted by Gasteiger charge is 2.33. The molecule has 7 nitrogen and oxygen atoms in total. The highest BCUT2D eigenvalue weighted by Crippen LogP contribution is 2.19. The molecule has 1 aliphatic heterocycles. The van der Waals surface area contributed by atoms with Crippen LogP contribution in [0.15, 0.2) is 24.3 Å². The van der Waals surface area contributed by atoms with E-state index in [1.165, 1.54) is 24.1 Å². The molecule has 1 fully saturated rings. The molecule has 1 aromatic carbocycles. The van der Waals surface area contributed by atoms with Gasteiger partial charge in [-0.3, -0.25) is 4.79 Å². The van der Waals surface area contributed by atoms with Crippen molar-refractivity contribution in [1.29, 1.82) is 0 Å². The number of carbonyl (C=O) groups excluding carboxylic acids is 2. The van der Waals surface area contributed by atoms with E-state index in [0.29, 0.717) is 18.7 Å². The second-order valence-corrected chi connectivity index (χ2v) is 4.78. The molecule has 1 atom stereocenters. The quantitative estimate of drug-likeness (QED) is 0.777. The predicted molar refractivity (Wildman–Crippen MR) is 76.2 cm³/mol. The van der Waals surface area contributed by atoms with Crippen LogP contribution in [0.1, 0.15) is 23.2 Å². The number of aromatic carboxylic acids is 1. The minimum absolute atomic E-state index is 0.0945. The van der Waals surface area contributed by atoms with E-state index < -0.39 is 18.0 Å². The molecular formula is C14H17N3O4. The Morgan fingerprint density at radius 2 is 2.10 bits per heavy atom. The largest absolute Gasteiger partial charge is 0.478 e. The van der Waals surface area contributed by atoms with Crippen LogP contribution in [0, 0.1) is 0 Å². The summed E-state index contributed by atoms with van der Waals surface area (Å²) in [7, 11) is 1.53. The summed E-state index contributed by atoms with van der Waals surface area (Å²) in [6.07, 6.45) is 1.39. The fourth-order valence-electron chi connectivity index (χ4n) is 2.37. The Bertz CT molecular complexity index is 573. The van der Waals surface area contributed by atoms with Gasteiger partial charge in [-0.25, -0.2) is 9.59 Å². The number of hydrogen-bond donors (Lipinski definition) is 3. The number of anilines is 1. The van der Waals surface area contributed by atoms with Crippen LogP contribution in [0.5, 0.6) is 0 Å². The number of hydrogen-bond acceptors (Lipinski definition) is 3. The van der Waals surface area contributed by atoms with E-state index in [9.17, 15) is 14.4 Å². The minimum Gasteiger partial charge on any atom is -0.478 e. The molecule has 1 heterocycles. The molecule has 2 rings (SSSR count). The van der Waals surface area contributed by atoms with Gasteiger partial charge in [0.25, 0.3) is 0 Å². The highest BCUT2D eigenvalue weighted by atomic mass is 16.4. The van der Waals surface area contributed by atoms with Crippen molar-refractivity contribution in [1.82, 2.24) is 10.2 Å². The van der Waals surface area contributed by atoms with Crippen LogP contribution in [-0.2, 0) is 4.79 Å². The number of carboxylic acids is 1. The first kappa shape index (κ1) is 14.8.